The molecule has 1 amide bonds. The molecular weight excluding hydrogens is 364 g/mol. The molecule has 0 unspecified atom stereocenters. The van der Waals surface area contributed by atoms with Crippen LogP contribution in [0, 0.1) is 6.92 Å². The molecule has 0 radical (unpaired) electrons. The van der Waals surface area contributed by atoms with Crippen molar-refractivity contribution in [2.24, 2.45) is 0 Å². The zero-order valence-corrected chi connectivity index (χ0v) is 17.0. The first kappa shape index (κ1) is 20.3. The van der Waals surface area contributed by atoms with Gasteiger partial charge in [-0.3, -0.25) is 9.78 Å². The fourth-order valence-electron chi connectivity index (χ4n) is 3.00. The van der Waals surface area contributed by atoms with Crippen molar-refractivity contribution in [1.29, 1.82) is 0 Å². The zero-order valence-electron chi connectivity index (χ0n) is 17.0. The molecule has 0 fully saturated rings. The summed E-state index contributed by atoms with van der Waals surface area (Å²) in [7, 11) is 0. The first-order chi connectivity index (χ1) is 14.1. The molecule has 0 saturated carbocycles. The third kappa shape index (κ3) is 5.28. The van der Waals surface area contributed by atoms with Crippen LogP contribution in [-0.2, 0) is 6.54 Å². The monoisotopic (exact) mass is 390 g/mol. The molecule has 0 aliphatic rings. The summed E-state index contributed by atoms with van der Waals surface area (Å²) in [5.74, 6) is 0.115. The van der Waals surface area contributed by atoms with Crippen LogP contribution >= 0.6 is 0 Å². The number of aromatic nitrogens is 3. The number of hydrogen-bond donors (Lipinski definition) is 2. The Morgan fingerprint density at radius 2 is 1.86 bits per heavy atom. The van der Waals surface area contributed by atoms with Gasteiger partial charge in [0.15, 0.2) is 0 Å². The zero-order chi connectivity index (χ0) is 20.6. The summed E-state index contributed by atoms with van der Waals surface area (Å²) in [6.45, 7) is 8.59. The predicted octanol–water partition coefficient (Wildman–Crippen LogP) is 3.70. The minimum atomic E-state index is -0.269. The Hall–Kier alpha value is -3.48. The standard InChI is InChI=1S/C22H26N6O/c1-4-28(5-2)18-9-10-19(16(3)14-18)26-22-24-13-11-20(27-22)21(29)25-15-17-8-6-7-12-23-17/h6-14H,4-5,15H2,1-3H3,(H,25,29)(H,24,26,27). The minimum Gasteiger partial charge on any atom is -0.372 e. The highest BCUT2D eigenvalue weighted by atomic mass is 16.1. The maximum atomic E-state index is 12.4. The van der Waals surface area contributed by atoms with E-state index in [0.717, 1.165) is 30.0 Å². The number of hydrogen-bond acceptors (Lipinski definition) is 6. The summed E-state index contributed by atoms with van der Waals surface area (Å²) in [5.41, 5.74) is 4.27. The van der Waals surface area contributed by atoms with Crippen molar-refractivity contribution in [2.75, 3.05) is 23.3 Å². The Morgan fingerprint density at radius 1 is 1.03 bits per heavy atom. The number of aryl methyl sites for hydroxylation is 1. The number of nitrogens with zero attached hydrogens (tertiary/aromatic N) is 4. The second kappa shape index (κ2) is 9.64. The van der Waals surface area contributed by atoms with Gasteiger partial charge in [-0.2, -0.15) is 0 Å². The van der Waals surface area contributed by atoms with E-state index in [1.165, 1.54) is 5.69 Å². The van der Waals surface area contributed by atoms with Crippen molar-refractivity contribution in [1.82, 2.24) is 20.3 Å². The summed E-state index contributed by atoms with van der Waals surface area (Å²) < 4.78 is 0. The van der Waals surface area contributed by atoms with E-state index in [-0.39, 0.29) is 5.91 Å². The van der Waals surface area contributed by atoms with Crippen molar-refractivity contribution in [3.05, 3.63) is 71.8 Å². The topological polar surface area (TPSA) is 83.0 Å². The lowest BCUT2D eigenvalue weighted by molar-refractivity contribution is 0.0945. The van der Waals surface area contributed by atoms with Crippen molar-refractivity contribution in [2.45, 2.75) is 27.3 Å². The summed E-state index contributed by atoms with van der Waals surface area (Å²) >= 11 is 0. The van der Waals surface area contributed by atoms with Gasteiger partial charge in [-0.1, -0.05) is 6.07 Å². The van der Waals surface area contributed by atoms with Gasteiger partial charge in [-0.05, 0) is 62.7 Å². The lowest BCUT2D eigenvalue weighted by atomic mass is 10.1. The molecule has 2 heterocycles. The van der Waals surface area contributed by atoms with E-state index in [9.17, 15) is 4.79 Å². The average Bonchev–Trinajstić information content (AvgIpc) is 2.75. The van der Waals surface area contributed by atoms with Crippen LogP contribution in [0.25, 0.3) is 0 Å². The number of benzene rings is 1. The first-order valence-corrected chi connectivity index (χ1v) is 9.74. The number of anilines is 3. The Labute approximate surface area is 171 Å². The SMILES string of the molecule is CCN(CC)c1ccc(Nc2nccc(C(=O)NCc3ccccn3)n2)c(C)c1. The molecule has 7 nitrogen and oxygen atoms in total. The van der Waals surface area contributed by atoms with Crippen LogP contribution in [0.15, 0.2) is 54.9 Å². The molecular formula is C22H26N6O. The molecule has 3 rings (SSSR count). The van der Waals surface area contributed by atoms with E-state index in [4.69, 9.17) is 0 Å². The summed E-state index contributed by atoms with van der Waals surface area (Å²) in [6, 6.07) is 13.4. The van der Waals surface area contributed by atoms with Crippen LogP contribution in [0.3, 0.4) is 0 Å². The number of nitrogens with one attached hydrogen (secondary N) is 2. The fourth-order valence-corrected chi connectivity index (χ4v) is 3.00. The first-order valence-electron chi connectivity index (χ1n) is 9.74. The highest BCUT2D eigenvalue weighted by molar-refractivity contribution is 5.92. The van der Waals surface area contributed by atoms with Gasteiger partial charge in [-0.25, -0.2) is 9.97 Å². The number of rotatable bonds is 8. The Balaban J connectivity index is 1.68. The summed E-state index contributed by atoms with van der Waals surface area (Å²) in [4.78, 5) is 27.5. The molecule has 2 N–H and O–H groups in total. The van der Waals surface area contributed by atoms with Gasteiger partial charge < -0.3 is 15.5 Å². The maximum Gasteiger partial charge on any atom is 0.270 e. The van der Waals surface area contributed by atoms with Crippen LogP contribution in [0.2, 0.25) is 0 Å². The normalized spacial score (nSPS) is 10.4. The third-order valence-electron chi connectivity index (χ3n) is 4.63. The molecule has 29 heavy (non-hydrogen) atoms. The fraction of sp³-hybridized carbons (Fsp3) is 0.273. The molecule has 3 aromatic rings. The molecule has 0 bridgehead atoms. The van der Waals surface area contributed by atoms with Gasteiger partial charge in [-0.15, -0.1) is 0 Å². The lowest BCUT2D eigenvalue weighted by Gasteiger charge is -2.22. The molecule has 0 aliphatic heterocycles. The Kier molecular flexibility index (Phi) is 6.73. The van der Waals surface area contributed by atoms with Gasteiger partial charge in [0.25, 0.3) is 5.91 Å². The predicted molar refractivity (Wildman–Crippen MR) is 115 cm³/mol. The molecule has 0 atom stereocenters. The third-order valence-corrected chi connectivity index (χ3v) is 4.63. The summed E-state index contributed by atoms with van der Waals surface area (Å²) in [5, 5.41) is 6.04. The van der Waals surface area contributed by atoms with Crippen molar-refractivity contribution >= 4 is 23.2 Å². The quantitative estimate of drug-likeness (QED) is 0.610. The van der Waals surface area contributed by atoms with Crippen LogP contribution < -0.4 is 15.5 Å². The molecule has 0 saturated heterocycles. The smallest absolute Gasteiger partial charge is 0.270 e. The largest absolute Gasteiger partial charge is 0.372 e. The van der Waals surface area contributed by atoms with Crippen LogP contribution in [0.4, 0.5) is 17.3 Å². The highest BCUT2D eigenvalue weighted by Gasteiger charge is 2.10. The van der Waals surface area contributed by atoms with Gasteiger partial charge in [0.2, 0.25) is 5.95 Å². The minimum absolute atomic E-state index is 0.269. The molecule has 7 heteroatoms. The Bertz CT molecular complexity index is 957. The van der Waals surface area contributed by atoms with Gasteiger partial charge in [0, 0.05) is 36.9 Å². The number of carbonyl (C=O) groups excluding carboxylic acids is 1. The number of pyridine rings is 1. The molecule has 1 aromatic carbocycles. The van der Waals surface area contributed by atoms with Gasteiger partial charge in [0.05, 0.1) is 12.2 Å². The van der Waals surface area contributed by atoms with Crippen LogP contribution in [0.5, 0.6) is 0 Å². The maximum absolute atomic E-state index is 12.4. The van der Waals surface area contributed by atoms with Crippen LogP contribution in [-0.4, -0.2) is 33.9 Å². The van der Waals surface area contributed by atoms with E-state index >= 15 is 0 Å². The highest BCUT2D eigenvalue weighted by Crippen LogP contribution is 2.24. The van der Waals surface area contributed by atoms with Gasteiger partial charge in [0.1, 0.15) is 5.69 Å². The van der Waals surface area contributed by atoms with Crippen LogP contribution in [0.1, 0.15) is 35.6 Å². The van der Waals surface area contributed by atoms with Crippen molar-refractivity contribution < 1.29 is 4.79 Å². The average molecular weight is 390 g/mol. The van der Waals surface area contributed by atoms with Crippen molar-refractivity contribution in [3.8, 4) is 0 Å². The number of amides is 1. The van der Waals surface area contributed by atoms with E-state index in [1.807, 2.05) is 31.2 Å². The second-order valence-corrected chi connectivity index (χ2v) is 6.57. The molecule has 150 valence electrons. The number of carbonyl (C=O) groups is 1. The lowest BCUT2D eigenvalue weighted by Crippen LogP contribution is -2.24. The van der Waals surface area contributed by atoms with E-state index in [1.54, 1.807) is 18.5 Å². The second-order valence-electron chi connectivity index (χ2n) is 6.57. The van der Waals surface area contributed by atoms with E-state index in [2.05, 4.69) is 56.5 Å². The van der Waals surface area contributed by atoms with Crippen molar-refractivity contribution in [3.63, 3.8) is 0 Å². The Morgan fingerprint density at radius 3 is 2.55 bits per heavy atom. The summed E-state index contributed by atoms with van der Waals surface area (Å²) in [6.07, 6.45) is 3.27. The molecule has 0 aliphatic carbocycles. The molecule has 2 aromatic heterocycles. The van der Waals surface area contributed by atoms with E-state index < -0.39 is 0 Å². The molecule has 0 spiro atoms. The van der Waals surface area contributed by atoms with Gasteiger partial charge >= 0.3 is 0 Å². The van der Waals surface area contributed by atoms with E-state index in [0.29, 0.717) is 18.2 Å².